The average Bonchev–Trinajstić information content (AvgIpc) is 3.18. The Kier molecular flexibility index (Phi) is 8.11. The predicted molar refractivity (Wildman–Crippen MR) is 146 cm³/mol. The molecule has 1 aliphatic heterocycles. The standard InChI is InChI=1S/C30H35N3O4/c1-20(2)18-31-29(35)21(3)33(19-22-9-5-12-24(17-22)37-4)27(34)15-8-16-32-26-14-7-11-23-10-6-13-25(28(23)26)30(32)36/h5-7,9-14,17,20-21H,8,15-16,18-19H2,1-4H3,(H,31,35)/t21-/m1/s1. The monoisotopic (exact) mass is 501 g/mol. The van der Waals surface area contributed by atoms with Crippen LogP contribution in [0.15, 0.2) is 60.7 Å². The smallest absolute Gasteiger partial charge is 0.258 e. The van der Waals surface area contributed by atoms with E-state index in [0.29, 0.717) is 43.3 Å². The van der Waals surface area contributed by atoms with Gasteiger partial charge in [0.25, 0.3) is 5.91 Å². The second-order valence-corrected chi connectivity index (χ2v) is 9.93. The van der Waals surface area contributed by atoms with Crippen molar-refractivity contribution >= 4 is 34.2 Å². The van der Waals surface area contributed by atoms with Crippen molar-refractivity contribution < 1.29 is 19.1 Å². The lowest BCUT2D eigenvalue weighted by Crippen LogP contribution is -2.48. The molecular weight excluding hydrogens is 466 g/mol. The highest BCUT2D eigenvalue weighted by atomic mass is 16.5. The molecule has 3 aromatic rings. The Morgan fingerprint density at radius 2 is 1.76 bits per heavy atom. The third-order valence-electron chi connectivity index (χ3n) is 6.76. The molecule has 3 amide bonds. The van der Waals surface area contributed by atoms with Crippen LogP contribution in [0, 0.1) is 5.92 Å². The molecule has 0 radical (unpaired) electrons. The number of anilines is 1. The van der Waals surface area contributed by atoms with Gasteiger partial charge in [-0.1, -0.05) is 50.2 Å². The van der Waals surface area contributed by atoms with Gasteiger partial charge < -0.3 is 19.9 Å². The van der Waals surface area contributed by atoms with Crippen LogP contribution >= 0.6 is 0 Å². The summed E-state index contributed by atoms with van der Waals surface area (Å²) in [5.74, 6) is 0.668. The fraction of sp³-hybridized carbons (Fsp3) is 0.367. The van der Waals surface area contributed by atoms with Gasteiger partial charge in [0.1, 0.15) is 11.8 Å². The van der Waals surface area contributed by atoms with Crippen LogP contribution in [-0.2, 0) is 16.1 Å². The van der Waals surface area contributed by atoms with Crippen molar-refractivity contribution in [2.75, 3.05) is 25.1 Å². The summed E-state index contributed by atoms with van der Waals surface area (Å²) in [5.41, 5.74) is 2.47. The molecule has 3 aromatic carbocycles. The summed E-state index contributed by atoms with van der Waals surface area (Å²) in [5, 5.41) is 4.95. The van der Waals surface area contributed by atoms with Gasteiger partial charge in [0, 0.05) is 37.0 Å². The number of benzene rings is 3. The first kappa shape index (κ1) is 26.2. The van der Waals surface area contributed by atoms with Crippen molar-refractivity contribution in [3.8, 4) is 5.75 Å². The molecule has 1 aliphatic rings. The van der Waals surface area contributed by atoms with Crippen molar-refractivity contribution in [2.24, 2.45) is 5.92 Å². The Labute approximate surface area is 218 Å². The predicted octanol–water partition coefficient (Wildman–Crippen LogP) is 4.78. The Bertz CT molecular complexity index is 1300. The minimum atomic E-state index is -0.635. The van der Waals surface area contributed by atoms with Crippen molar-refractivity contribution in [1.29, 1.82) is 0 Å². The fourth-order valence-corrected chi connectivity index (χ4v) is 4.74. The van der Waals surface area contributed by atoms with Crippen LogP contribution in [0.3, 0.4) is 0 Å². The molecule has 7 nitrogen and oxygen atoms in total. The number of nitrogens with zero attached hydrogens (tertiary/aromatic N) is 2. The van der Waals surface area contributed by atoms with E-state index in [9.17, 15) is 14.4 Å². The molecule has 0 unspecified atom stereocenters. The van der Waals surface area contributed by atoms with Crippen LogP contribution in [-0.4, -0.2) is 48.9 Å². The molecule has 0 saturated carbocycles. The zero-order valence-electron chi connectivity index (χ0n) is 22.0. The number of ether oxygens (including phenoxy) is 1. The topological polar surface area (TPSA) is 79.0 Å². The number of methoxy groups -OCH3 is 1. The minimum Gasteiger partial charge on any atom is -0.497 e. The van der Waals surface area contributed by atoms with Gasteiger partial charge in [-0.25, -0.2) is 0 Å². The average molecular weight is 502 g/mol. The molecular formula is C30H35N3O4. The summed E-state index contributed by atoms with van der Waals surface area (Å²) in [7, 11) is 1.60. The number of carbonyl (C=O) groups is 3. The Morgan fingerprint density at radius 1 is 1.03 bits per heavy atom. The summed E-state index contributed by atoms with van der Waals surface area (Å²) in [4.78, 5) is 42.8. The molecule has 1 N–H and O–H groups in total. The number of hydrogen-bond donors (Lipinski definition) is 1. The first-order chi connectivity index (χ1) is 17.8. The third kappa shape index (κ3) is 5.77. The highest BCUT2D eigenvalue weighted by Crippen LogP contribution is 2.37. The molecule has 0 aromatic heterocycles. The van der Waals surface area contributed by atoms with Gasteiger partial charge in [-0.3, -0.25) is 14.4 Å². The largest absolute Gasteiger partial charge is 0.497 e. The molecule has 0 saturated heterocycles. The number of nitrogens with one attached hydrogen (secondary N) is 1. The normalized spacial score (nSPS) is 13.2. The molecule has 1 heterocycles. The summed E-state index contributed by atoms with van der Waals surface area (Å²) in [6.45, 7) is 7.09. The van der Waals surface area contributed by atoms with E-state index in [1.165, 1.54) is 0 Å². The Hall–Kier alpha value is -3.87. The zero-order valence-corrected chi connectivity index (χ0v) is 22.0. The second-order valence-electron chi connectivity index (χ2n) is 9.93. The van der Waals surface area contributed by atoms with Crippen LogP contribution in [0.25, 0.3) is 10.8 Å². The molecule has 0 spiro atoms. The first-order valence-corrected chi connectivity index (χ1v) is 12.8. The minimum absolute atomic E-state index is 0.0334. The van der Waals surface area contributed by atoms with Crippen molar-refractivity contribution in [2.45, 2.75) is 46.2 Å². The zero-order chi connectivity index (χ0) is 26.5. The second kappa shape index (κ2) is 11.5. The van der Waals surface area contributed by atoms with Gasteiger partial charge in [-0.15, -0.1) is 0 Å². The molecule has 0 fully saturated rings. The highest BCUT2D eigenvalue weighted by Gasteiger charge is 2.30. The van der Waals surface area contributed by atoms with E-state index in [4.69, 9.17) is 4.74 Å². The molecule has 4 rings (SSSR count). The third-order valence-corrected chi connectivity index (χ3v) is 6.76. The quantitative estimate of drug-likeness (QED) is 0.410. The van der Waals surface area contributed by atoms with Crippen LogP contribution < -0.4 is 15.0 Å². The molecule has 0 aliphatic carbocycles. The van der Waals surface area contributed by atoms with Crippen LogP contribution in [0.4, 0.5) is 5.69 Å². The van der Waals surface area contributed by atoms with E-state index in [-0.39, 0.29) is 24.1 Å². The van der Waals surface area contributed by atoms with Crippen molar-refractivity contribution in [3.63, 3.8) is 0 Å². The summed E-state index contributed by atoms with van der Waals surface area (Å²) in [6.07, 6.45) is 0.714. The van der Waals surface area contributed by atoms with Crippen LogP contribution in [0.5, 0.6) is 5.75 Å². The molecule has 0 bridgehead atoms. The van der Waals surface area contributed by atoms with E-state index >= 15 is 0 Å². The highest BCUT2D eigenvalue weighted by molar-refractivity contribution is 6.25. The van der Waals surface area contributed by atoms with Gasteiger partial charge in [0.2, 0.25) is 11.8 Å². The fourth-order valence-electron chi connectivity index (χ4n) is 4.74. The number of hydrogen-bond acceptors (Lipinski definition) is 4. The number of amides is 3. The Morgan fingerprint density at radius 3 is 2.49 bits per heavy atom. The lowest BCUT2D eigenvalue weighted by Gasteiger charge is -2.29. The lowest BCUT2D eigenvalue weighted by molar-refractivity contribution is -0.140. The van der Waals surface area contributed by atoms with Crippen LogP contribution in [0.2, 0.25) is 0 Å². The molecule has 1 atom stereocenters. The molecule has 37 heavy (non-hydrogen) atoms. The maximum atomic E-state index is 13.5. The number of rotatable bonds is 11. The van der Waals surface area contributed by atoms with Crippen molar-refractivity contribution in [3.05, 3.63) is 71.8 Å². The van der Waals surface area contributed by atoms with E-state index in [1.54, 1.807) is 23.8 Å². The Balaban J connectivity index is 1.46. The first-order valence-electron chi connectivity index (χ1n) is 12.8. The van der Waals surface area contributed by atoms with E-state index in [0.717, 1.165) is 22.0 Å². The maximum Gasteiger partial charge on any atom is 0.258 e. The maximum absolute atomic E-state index is 13.5. The summed E-state index contributed by atoms with van der Waals surface area (Å²) >= 11 is 0. The number of carbonyl (C=O) groups excluding carboxylic acids is 3. The summed E-state index contributed by atoms with van der Waals surface area (Å²) < 4.78 is 5.33. The summed E-state index contributed by atoms with van der Waals surface area (Å²) in [6, 6.07) is 18.5. The van der Waals surface area contributed by atoms with Gasteiger partial charge in [0.05, 0.1) is 12.8 Å². The van der Waals surface area contributed by atoms with Gasteiger partial charge in [0.15, 0.2) is 0 Å². The van der Waals surface area contributed by atoms with Gasteiger partial charge in [-0.2, -0.15) is 0 Å². The van der Waals surface area contributed by atoms with Crippen LogP contribution in [0.1, 0.15) is 49.5 Å². The SMILES string of the molecule is COc1cccc(CN(C(=O)CCCN2C(=O)c3cccc4cccc2c34)[C@H](C)C(=O)NCC(C)C)c1. The van der Waals surface area contributed by atoms with Crippen molar-refractivity contribution in [1.82, 2.24) is 10.2 Å². The van der Waals surface area contributed by atoms with Gasteiger partial charge in [-0.05, 0) is 54.5 Å². The van der Waals surface area contributed by atoms with E-state index in [2.05, 4.69) is 5.32 Å². The van der Waals surface area contributed by atoms with E-state index < -0.39 is 6.04 Å². The molecule has 194 valence electrons. The van der Waals surface area contributed by atoms with Gasteiger partial charge >= 0.3 is 0 Å². The lowest BCUT2D eigenvalue weighted by atomic mass is 10.1. The van der Waals surface area contributed by atoms with E-state index in [1.807, 2.05) is 74.5 Å². The molecule has 7 heteroatoms.